The van der Waals surface area contributed by atoms with Crippen LogP contribution >= 0.6 is 0 Å². The van der Waals surface area contributed by atoms with Gasteiger partial charge in [-0.05, 0) is 37.0 Å². The third-order valence-corrected chi connectivity index (χ3v) is 5.54. The first-order valence-corrected chi connectivity index (χ1v) is 9.04. The molecule has 0 aliphatic carbocycles. The van der Waals surface area contributed by atoms with Crippen LogP contribution in [0.4, 0.5) is 0 Å². The number of hydrogen-bond acceptors (Lipinski definition) is 4. The molecule has 26 heavy (non-hydrogen) atoms. The highest BCUT2D eigenvalue weighted by molar-refractivity contribution is 5.94. The van der Waals surface area contributed by atoms with E-state index in [1.54, 1.807) is 36.5 Å². The summed E-state index contributed by atoms with van der Waals surface area (Å²) >= 11 is 0. The van der Waals surface area contributed by atoms with Gasteiger partial charge in [0.25, 0.3) is 5.91 Å². The van der Waals surface area contributed by atoms with Gasteiger partial charge < -0.3 is 9.80 Å². The van der Waals surface area contributed by atoms with Gasteiger partial charge in [0.2, 0.25) is 5.91 Å². The Balaban J connectivity index is 1.48. The van der Waals surface area contributed by atoms with Crippen molar-refractivity contribution in [3.8, 4) is 0 Å². The first-order chi connectivity index (χ1) is 12.6. The Labute approximate surface area is 152 Å². The molecule has 0 radical (unpaired) electrons. The lowest BCUT2D eigenvalue weighted by atomic mass is 9.78. The van der Waals surface area contributed by atoms with Gasteiger partial charge in [0, 0.05) is 51.8 Å². The Morgan fingerprint density at radius 2 is 2.04 bits per heavy atom. The molecule has 4 heterocycles. The predicted molar refractivity (Wildman–Crippen MR) is 95.0 cm³/mol. The minimum absolute atomic E-state index is 0.0300. The largest absolute Gasteiger partial charge is 0.338 e. The zero-order valence-electron chi connectivity index (χ0n) is 15.0. The van der Waals surface area contributed by atoms with Crippen LogP contribution in [-0.2, 0) is 18.4 Å². The van der Waals surface area contributed by atoms with E-state index in [4.69, 9.17) is 0 Å². The lowest BCUT2D eigenvalue weighted by Crippen LogP contribution is -2.49. The maximum atomic E-state index is 13.2. The molecule has 2 aliphatic heterocycles. The van der Waals surface area contributed by atoms with Crippen molar-refractivity contribution in [1.29, 1.82) is 0 Å². The van der Waals surface area contributed by atoms with Crippen LogP contribution in [0.2, 0.25) is 0 Å². The summed E-state index contributed by atoms with van der Waals surface area (Å²) in [6.45, 7) is 2.56. The van der Waals surface area contributed by atoms with Gasteiger partial charge in [0.1, 0.15) is 0 Å². The Bertz CT molecular complexity index is 818. The highest BCUT2D eigenvalue weighted by Crippen LogP contribution is 2.41. The second-order valence-electron chi connectivity index (χ2n) is 7.35. The van der Waals surface area contributed by atoms with Gasteiger partial charge in [0.15, 0.2) is 0 Å². The van der Waals surface area contributed by atoms with Gasteiger partial charge in [-0.3, -0.25) is 19.3 Å². The van der Waals surface area contributed by atoms with Crippen molar-refractivity contribution >= 4 is 11.8 Å². The van der Waals surface area contributed by atoms with Crippen molar-refractivity contribution in [2.24, 2.45) is 12.5 Å². The zero-order chi connectivity index (χ0) is 18.1. The number of carbonyl (C=O) groups is 2. The monoisotopic (exact) mass is 353 g/mol. The summed E-state index contributed by atoms with van der Waals surface area (Å²) in [4.78, 5) is 33.7. The van der Waals surface area contributed by atoms with E-state index in [0.717, 1.165) is 31.4 Å². The summed E-state index contributed by atoms with van der Waals surface area (Å²) < 4.78 is 1.63. The highest BCUT2D eigenvalue weighted by Gasteiger charge is 2.49. The van der Waals surface area contributed by atoms with Crippen LogP contribution in [0.3, 0.4) is 0 Å². The number of likely N-dealkylation sites (tertiary alicyclic amines) is 2. The molecular weight excluding hydrogens is 330 g/mol. The summed E-state index contributed by atoms with van der Waals surface area (Å²) in [5.74, 6) is 0.149. The van der Waals surface area contributed by atoms with Crippen LogP contribution in [0.25, 0.3) is 0 Å². The molecular formula is C19H23N5O2. The molecule has 7 nitrogen and oxygen atoms in total. The van der Waals surface area contributed by atoms with E-state index >= 15 is 0 Å². The summed E-state index contributed by atoms with van der Waals surface area (Å²) in [5.41, 5.74) is 1.25. The third-order valence-electron chi connectivity index (χ3n) is 5.54. The SMILES string of the molecule is Cn1cc(C(=O)N2CCCC3(CCN(Cc4ccncc4)C3=O)C2)cn1. The molecule has 2 fully saturated rings. The van der Waals surface area contributed by atoms with E-state index in [9.17, 15) is 9.59 Å². The van der Waals surface area contributed by atoms with E-state index in [0.29, 0.717) is 25.2 Å². The van der Waals surface area contributed by atoms with E-state index < -0.39 is 5.41 Å². The molecule has 0 aromatic carbocycles. The van der Waals surface area contributed by atoms with Crippen LogP contribution < -0.4 is 0 Å². The fraction of sp³-hybridized carbons (Fsp3) is 0.474. The molecule has 0 saturated carbocycles. The van der Waals surface area contributed by atoms with Crippen molar-refractivity contribution < 1.29 is 9.59 Å². The first-order valence-electron chi connectivity index (χ1n) is 9.04. The number of aromatic nitrogens is 3. The van der Waals surface area contributed by atoms with Crippen molar-refractivity contribution in [3.63, 3.8) is 0 Å². The highest BCUT2D eigenvalue weighted by atomic mass is 16.2. The molecule has 2 saturated heterocycles. The van der Waals surface area contributed by atoms with Gasteiger partial charge in [-0.25, -0.2) is 0 Å². The van der Waals surface area contributed by atoms with Gasteiger partial charge in [-0.2, -0.15) is 5.10 Å². The normalized spacial score (nSPS) is 23.0. The first kappa shape index (κ1) is 16.8. The molecule has 1 unspecified atom stereocenters. The lowest BCUT2D eigenvalue weighted by molar-refractivity contribution is -0.138. The van der Waals surface area contributed by atoms with E-state index in [1.165, 1.54) is 0 Å². The average molecular weight is 353 g/mol. The Morgan fingerprint density at radius 3 is 2.77 bits per heavy atom. The van der Waals surface area contributed by atoms with Crippen LogP contribution in [0.1, 0.15) is 35.2 Å². The van der Waals surface area contributed by atoms with Gasteiger partial charge in [-0.15, -0.1) is 0 Å². The number of pyridine rings is 1. The fourth-order valence-electron chi connectivity index (χ4n) is 4.15. The number of hydrogen-bond donors (Lipinski definition) is 0. The van der Waals surface area contributed by atoms with Gasteiger partial charge in [-0.1, -0.05) is 0 Å². The number of carbonyl (C=O) groups excluding carboxylic acids is 2. The number of aryl methyl sites for hydroxylation is 1. The van der Waals surface area contributed by atoms with Crippen molar-refractivity contribution in [3.05, 3.63) is 48.0 Å². The van der Waals surface area contributed by atoms with Crippen LogP contribution in [-0.4, -0.2) is 56.0 Å². The fourth-order valence-corrected chi connectivity index (χ4v) is 4.15. The molecule has 0 bridgehead atoms. The van der Waals surface area contributed by atoms with Crippen LogP contribution in [0.15, 0.2) is 36.9 Å². The molecule has 136 valence electrons. The maximum Gasteiger partial charge on any atom is 0.257 e. The number of piperidine rings is 1. The molecule has 1 atom stereocenters. The van der Waals surface area contributed by atoms with Crippen molar-refractivity contribution in [2.45, 2.75) is 25.8 Å². The van der Waals surface area contributed by atoms with Gasteiger partial charge in [0.05, 0.1) is 17.2 Å². The van der Waals surface area contributed by atoms with Crippen molar-refractivity contribution in [2.75, 3.05) is 19.6 Å². The van der Waals surface area contributed by atoms with E-state index in [1.807, 2.05) is 21.9 Å². The van der Waals surface area contributed by atoms with Crippen molar-refractivity contribution in [1.82, 2.24) is 24.6 Å². The third kappa shape index (κ3) is 2.98. The molecule has 2 aromatic heterocycles. The molecule has 4 rings (SSSR count). The number of amides is 2. The topological polar surface area (TPSA) is 71.3 Å². The molecule has 1 spiro atoms. The zero-order valence-corrected chi connectivity index (χ0v) is 15.0. The van der Waals surface area contributed by atoms with Crippen LogP contribution in [0.5, 0.6) is 0 Å². The summed E-state index contributed by atoms with van der Waals surface area (Å²) in [7, 11) is 1.80. The Hall–Kier alpha value is -2.70. The predicted octanol–water partition coefficient (Wildman–Crippen LogP) is 1.47. The summed E-state index contributed by atoms with van der Waals surface area (Å²) in [6, 6.07) is 3.88. The smallest absolute Gasteiger partial charge is 0.257 e. The molecule has 7 heteroatoms. The van der Waals surface area contributed by atoms with E-state index in [-0.39, 0.29) is 11.8 Å². The summed E-state index contributed by atoms with van der Waals surface area (Å²) in [5, 5.41) is 4.08. The minimum atomic E-state index is -0.427. The molecule has 2 aliphatic rings. The number of rotatable bonds is 3. The maximum absolute atomic E-state index is 13.2. The van der Waals surface area contributed by atoms with Gasteiger partial charge >= 0.3 is 0 Å². The quantitative estimate of drug-likeness (QED) is 0.838. The minimum Gasteiger partial charge on any atom is -0.338 e. The van der Waals surface area contributed by atoms with E-state index in [2.05, 4.69) is 10.1 Å². The second-order valence-corrected chi connectivity index (χ2v) is 7.35. The Morgan fingerprint density at radius 1 is 1.23 bits per heavy atom. The Kier molecular flexibility index (Phi) is 4.22. The second kappa shape index (κ2) is 6.55. The lowest BCUT2D eigenvalue weighted by Gasteiger charge is -2.39. The standard InChI is InChI=1S/C19H23N5O2/c1-22-13-16(11-21-22)17(25)24-9-2-5-19(14-24)6-10-23(18(19)26)12-15-3-7-20-8-4-15/h3-4,7-8,11,13H,2,5-6,9-10,12,14H2,1H3. The average Bonchev–Trinajstić information content (AvgIpc) is 3.22. The van der Waals surface area contributed by atoms with Crippen LogP contribution in [0, 0.1) is 5.41 Å². The summed E-state index contributed by atoms with van der Waals surface area (Å²) in [6.07, 6.45) is 9.36. The molecule has 2 aromatic rings. The molecule has 2 amide bonds. The number of nitrogens with zero attached hydrogens (tertiary/aromatic N) is 5. The molecule has 0 N–H and O–H groups in total.